The van der Waals surface area contributed by atoms with Gasteiger partial charge in [-0.1, -0.05) is 31.2 Å². The summed E-state index contributed by atoms with van der Waals surface area (Å²) in [6, 6.07) is 14.8. The van der Waals surface area contributed by atoms with Gasteiger partial charge < -0.3 is 14.8 Å². The van der Waals surface area contributed by atoms with Crippen LogP contribution < -0.4 is 10.1 Å². The summed E-state index contributed by atoms with van der Waals surface area (Å²) >= 11 is 0. The summed E-state index contributed by atoms with van der Waals surface area (Å²) in [5.41, 5.74) is 2.61. The number of carbonyl (C=O) groups excluding carboxylic acids is 2. The Morgan fingerprint density at radius 2 is 1.92 bits per heavy atom. The summed E-state index contributed by atoms with van der Waals surface area (Å²) in [6.07, 6.45) is 3.76. The van der Waals surface area contributed by atoms with E-state index in [1.54, 1.807) is 25.3 Å². The lowest BCUT2D eigenvalue weighted by Crippen LogP contribution is -2.20. The van der Waals surface area contributed by atoms with E-state index in [0.717, 1.165) is 17.5 Å². The van der Waals surface area contributed by atoms with E-state index in [1.165, 1.54) is 6.08 Å². The Labute approximate surface area is 147 Å². The maximum Gasteiger partial charge on any atom is 0.331 e. The first kappa shape index (κ1) is 18.3. The van der Waals surface area contributed by atoms with Crippen molar-refractivity contribution in [3.63, 3.8) is 0 Å². The number of carbonyl (C=O) groups is 2. The molecule has 0 aliphatic heterocycles. The molecule has 0 unspecified atom stereocenters. The molecule has 2 rings (SSSR count). The van der Waals surface area contributed by atoms with Crippen LogP contribution in [0.25, 0.3) is 6.08 Å². The molecule has 0 atom stereocenters. The van der Waals surface area contributed by atoms with Gasteiger partial charge in [-0.05, 0) is 47.9 Å². The Bertz CT molecular complexity index is 768. The molecular formula is C20H21NO4. The Morgan fingerprint density at radius 3 is 2.68 bits per heavy atom. The number of methoxy groups -OCH3 is 1. The van der Waals surface area contributed by atoms with Crippen LogP contribution in [0.15, 0.2) is 54.6 Å². The molecule has 0 aliphatic rings. The molecule has 0 fully saturated rings. The first-order chi connectivity index (χ1) is 12.1. The highest BCUT2D eigenvalue weighted by molar-refractivity contribution is 5.94. The van der Waals surface area contributed by atoms with E-state index in [-0.39, 0.29) is 12.5 Å². The average Bonchev–Trinajstić information content (AvgIpc) is 2.65. The molecule has 0 saturated carbocycles. The Balaban J connectivity index is 1.82. The molecule has 0 radical (unpaired) electrons. The lowest BCUT2D eigenvalue weighted by molar-refractivity contribution is -0.142. The van der Waals surface area contributed by atoms with Crippen LogP contribution in [0.2, 0.25) is 0 Å². The van der Waals surface area contributed by atoms with Crippen LogP contribution in [0.3, 0.4) is 0 Å². The smallest absolute Gasteiger partial charge is 0.331 e. The van der Waals surface area contributed by atoms with Crippen LogP contribution in [0, 0.1) is 0 Å². The van der Waals surface area contributed by atoms with Crippen LogP contribution in [0.1, 0.15) is 18.1 Å². The molecular weight excluding hydrogens is 318 g/mol. The zero-order valence-electron chi connectivity index (χ0n) is 14.3. The van der Waals surface area contributed by atoms with Crippen molar-refractivity contribution < 1.29 is 19.1 Å². The van der Waals surface area contributed by atoms with Gasteiger partial charge >= 0.3 is 5.97 Å². The molecule has 1 N–H and O–H groups in total. The number of aryl methyl sites for hydroxylation is 1. The largest absolute Gasteiger partial charge is 0.497 e. The highest BCUT2D eigenvalue weighted by atomic mass is 16.5. The quantitative estimate of drug-likeness (QED) is 0.620. The van der Waals surface area contributed by atoms with Crippen molar-refractivity contribution in [3.05, 3.63) is 65.7 Å². The van der Waals surface area contributed by atoms with Crippen molar-refractivity contribution in [3.8, 4) is 5.75 Å². The lowest BCUT2D eigenvalue weighted by Gasteiger charge is -2.06. The van der Waals surface area contributed by atoms with Crippen molar-refractivity contribution >= 4 is 23.6 Å². The van der Waals surface area contributed by atoms with E-state index in [1.807, 2.05) is 43.3 Å². The molecule has 5 nitrogen and oxygen atoms in total. The predicted molar refractivity (Wildman–Crippen MR) is 97.4 cm³/mol. The van der Waals surface area contributed by atoms with E-state index < -0.39 is 5.97 Å². The minimum absolute atomic E-state index is 0.336. The fourth-order valence-corrected chi connectivity index (χ4v) is 2.16. The van der Waals surface area contributed by atoms with Gasteiger partial charge in [-0.3, -0.25) is 4.79 Å². The van der Waals surface area contributed by atoms with Crippen molar-refractivity contribution in [2.45, 2.75) is 13.3 Å². The van der Waals surface area contributed by atoms with Crippen molar-refractivity contribution in [2.75, 3.05) is 19.0 Å². The minimum atomic E-state index is -0.583. The lowest BCUT2D eigenvalue weighted by atomic mass is 10.1. The van der Waals surface area contributed by atoms with Crippen LogP contribution >= 0.6 is 0 Å². The van der Waals surface area contributed by atoms with Gasteiger partial charge in [0.1, 0.15) is 5.75 Å². The van der Waals surface area contributed by atoms with Gasteiger partial charge in [0.25, 0.3) is 5.91 Å². The number of benzene rings is 2. The minimum Gasteiger partial charge on any atom is -0.497 e. The molecule has 0 saturated heterocycles. The number of ether oxygens (including phenoxy) is 2. The van der Waals surface area contributed by atoms with Crippen LogP contribution in [-0.2, 0) is 20.7 Å². The third-order valence-electron chi connectivity index (χ3n) is 3.47. The fourth-order valence-electron chi connectivity index (χ4n) is 2.16. The third kappa shape index (κ3) is 6.14. The van der Waals surface area contributed by atoms with Crippen LogP contribution in [0.4, 0.5) is 5.69 Å². The summed E-state index contributed by atoms with van der Waals surface area (Å²) < 4.78 is 10.1. The molecule has 0 aliphatic carbocycles. The summed E-state index contributed by atoms with van der Waals surface area (Å²) in [7, 11) is 1.58. The maximum absolute atomic E-state index is 11.8. The molecule has 0 heterocycles. The second kappa shape index (κ2) is 9.27. The SMILES string of the molecule is CCc1cccc(NC(=O)COC(=O)/C=C/c2cccc(OC)c2)c1. The second-order valence-electron chi connectivity index (χ2n) is 5.32. The zero-order valence-corrected chi connectivity index (χ0v) is 14.3. The number of rotatable bonds is 7. The van der Waals surface area contributed by atoms with E-state index in [0.29, 0.717) is 11.4 Å². The molecule has 0 bridgehead atoms. The van der Waals surface area contributed by atoms with Crippen molar-refractivity contribution in [1.82, 2.24) is 0 Å². The number of anilines is 1. The molecule has 0 aromatic heterocycles. The highest BCUT2D eigenvalue weighted by Gasteiger charge is 2.06. The van der Waals surface area contributed by atoms with E-state index in [9.17, 15) is 9.59 Å². The Morgan fingerprint density at radius 1 is 1.12 bits per heavy atom. The standard InChI is InChI=1S/C20H21NO4/c1-3-15-6-4-8-17(12-15)21-19(22)14-25-20(23)11-10-16-7-5-9-18(13-16)24-2/h4-13H,3,14H2,1-2H3,(H,21,22)/b11-10+. The number of hydrogen-bond acceptors (Lipinski definition) is 4. The van der Waals surface area contributed by atoms with Gasteiger partial charge in [-0.2, -0.15) is 0 Å². The summed E-state index contributed by atoms with van der Waals surface area (Å²) in [5.74, 6) is -0.263. The summed E-state index contributed by atoms with van der Waals surface area (Å²) in [4.78, 5) is 23.6. The molecule has 5 heteroatoms. The van der Waals surface area contributed by atoms with Crippen molar-refractivity contribution in [1.29, 1.82) is 0 Å². The first-order valence-corrected chi connectivity index (χ1v) is 7.98. The van der Waals surface area contributed by atoms with Gasteiger partial charge in [0, 0.05) is 11.8 Å². The highest BCUT2D eigenvalue weighted by Crippen LogP contribution is 2.14. The number of amides is 1. The predicted octanol–water partition coefficient (Wildman–Crippen LogP) is 3.45. The van der Waals surface area contributed by atoms with Crippen LogP contribution in [0.5, 0.6) is 5.75 Å². The molecule has 2 aromatic carbocycles. The zero-order chi connectivity index (χ0) is 18.1. The van der Waals surface area contributed by atoms with Gasteiger partial charge in [0.2, 0.25) is 0 Å². The molecule has 25 heavy (non-hydrogen) atoms. The van der Waals surface area contributed by atoms with E-state index in [2.05, 4.69) is 5.32 Å². The fraction of sp³-hybridized carbons (Fsp3) is 0.200. The number of hydrogen-bond donors (Lipinski definition) is 1. The summed E-state index contributed by atoms with van der Waals surface area (Å²) in [6.45, 7) is 1.70. The molecule has 130 valence electrons. The third-order valence-corrected chi connectivity index (χ3v) is 3.47. The van der Waals surface area contributed by atoms with Crippen molar-refractivity contribution in [2.24, 2.45) is 0 Å². The number of nitrogens with one attached hydrogen (secondary N) is 1. The normalized spacial score (nSPS) is 10.5. The topological polar surface area (TPSA) is 64.6 Å². The Hall–Kier alpha value is -3.08. The second-order valence-corrected chi connectivity index (χ2v) is 5.32. The average molecular weight is 339 g/mol. The Kier molecular flexibility index (Phi) is 6.77. The van der Waals surface area contributed by atoms with E-state index >= 15 is 0 Å². The first-order valence-electron chi connectivity index (χ1n) is 7.98. The van der Waals surface area contributed by atoms with Gasteiger partial charge in [-0.25, -0.2) is 4.79 Å². The maximum atomic E-state index is 11.8. The molecule has 1 amide bonds. The van der Waals surface area contributed by atoms with E-state index in [4.69, 9.17) is 9.47 Å². The van der Waals surface area contributed by atoms with Gasteiger partial charge in [-0.15, -0.1) is 0 Å². The summed E-state index contributed by atoms with van der Waals surface area (Å²) in [5, 5.41) is 2.70. The van der Waals surface area contributed by atoms with Gasteiger partial charge in [0.05, 0.1) is 7.11 Å². The molecule has 0 spiro atoms. The van der Waals surface area contributed by atoms with Crippen LogP contribution in [-0.4, -0.2) is 25.6 Å². The monoisotopic (exact) mass is 339 g/mol. The van der Waals surface area contributed by atoms with Gasteiger partial charge in [0.15, 0.2) is 6.61 Å². The molecule has 2 aromatic rings. The number of esters is 1.